The quantitative estimate of drug-likeness (QED) is 0.863. The molecule has 1 atom stereocenters. The zero-order chi connectivity index (χ0) is 15.0. The van der Waals surface area contributed by atoms with Crippen molar-refractivity contribution in [3.63, 3.8) is 0 Å². The molecule has 0 aliphatic carbocycles. The number of nitrogens with two attached hydrogens (primary N) is 1. The minimum Gasteiger partial charge on any atom is -0.381 e. The summed E-state index contributed by atoms with van der Waals surface area (Å²) < 4.78 is 11.5. The van der Waals surface area contributed by atoms with Crippen molar-refractivity contribution in [1.82, 2.24) is 0 Å². The lowest BCUT2D eigenvalue weighted by Crippen LogP contribution is -2.55. The summed E-state index contributed by atoms with van der Waals surface area (Å²) in [6.45, 7) is 9.99. The number of carbonyl (C=O) groups excluding carboxylic acids is 1. The van der Waals surface area contributed by atoms with E-state index in [-0.39, 0.29) is 11.5 Å². The first kappa shape index (κ1) is 15.9. The standard InChI is InChI=1S/C16H29NO3/c1-14(2,15(3,4)17)13(18)12-5-8-20-16(11-12)6-9-19-10-7-16/h12H,5-11,17H2,1-4H3. The molecule has 2 fully saturated rings. The molecule has 0 bridgehead atoms. The molecule has 2 aliphatic rings. The molecule has 2 N–H and O–H groups in total. The van der Waals surface area contributed by atoms with Crippen LogP contribution in [0.2, 0.25) is 0 Å². The van der Waals surface area contributed by atoms with E-state index in [2.05, 4.69) is 0 Å². The number of carbonyl (C=O) groups is 1. The van der Waals surface area contributed by atoms with Gasteiger partial charge in [0, 0.05) is 36.7 Å². The molecule has 1 unspecified atom stereocenters. The van der Waals surface area contributed by atoms with Gasteiger partial charge in [-0.05, 0) is 39.5 Å². The number of rotatable bonds is 3. The van der Waals surface area contributed by atoms with Crippen molar-refractivity contribution in [1.29, 1.82) is 0 Å². The van der Waals surface area contributed by atoms with Crippen LogP contribution in [0, 0.1) is 11.3 Å². The molecular formula is C16H29NO3. The van der Waals surface area contributed by atoms with Gasteiger partial charge in [-0.1, -0.05) is 13.8 Å². The lowest BCUT2D eigenvalue weighted by atomic mass is 9.65. The van der Waals surface area contributed by atoms with E-state index in [0.29, 0.717) is 12.4 Å². The Morgan fingerprint density at radius 1 is 1.15 bits per heavy atom. The fraction of sp³-hybridized carbons (Fsp3) is 0.938. The third-order valence-corrected chi connectivity index (χ3v) is 5.49. The Morgan fingerprint density at radius 2 is 1.75 bits per heavy atom. The Hall–Kier alpha value is -0.450. The second-order valence-electron chi connectivity index (χ2n) is 7.54. The molecule has 1 spiro atoms. The van der Waals surface area contributed by atoms with Crippen molar-refractivity contribution in [3.05, 3.63) is 0 Å². The van der Waals surface area contributed by atoms with Gasteiger partial charge in [0.2, 0.25) is 0 Å². The van der Waals surface area contributed by atoms with E-state index in [4.69, 9.17) is 15.2 Å². The fourth-order valence-electron chi connectivity index (χ4n) is 3.17. The number of hydrogen-bond donors (Lipinski definition) is 1. The van der Waals surface area contributed by atoms with E-state index in [1.165, 1.54) is 0 Å². The summed E-state index contributed by atoms with van der Waals surface area (Å²) in [5.74, 6) is 0.360. The second kappa shape index (κ2) is 5.39. The molecule has 2 rings (SSSR count). The molecular weight excluding hydrogens is 254 g/mol. The van der Waals surface area contributed by atoms with Gasteiger partial charge in [-0.2, -0.15) is 0 Å². The van der Waals surface area contributed by atoms with Crippen LogP contribution in [0.5, 0.6) is 0 Å². The summed E-state index contributed by atoms with van der Waals surface area (Å²) in [6.07, 6.45) is 3.46. The number of ether oxygens (including phenoxy) is 2. The van der Waals surface area contributed by atoms with Gasteiger partial charge in [-0.3, -0.25) is 4.79 Å². The third-order valence-electron chi connectivity index (χ3n) is 5.49. The van der Waals surface area contributed by atoms with Crippen LogP contribution in [-0.2, 0) is 14.3 Å². The maximum atomic E-state index is 12.9. The Labute approximate surface area is 122 Å². The SMILES string of the molecule is CC(C)(N)C(C)(C)C(=O)C1CCOC2(CCOCC2)C1. The Kier molecular flexibility index (Phi) is 4.30. The maximum Gasteiger partial charge on any atom is 0.143 e. The molecule has 0 radical (unpaired) electrons. The molecule has 0 aromatic heterocycles. The average molecular weight is 283 g/mol. The molecule has 2 aliphatic heterocycles. The van der Waals surface area contributed by atoms with Crippen molar-refractivity contribution < 1.29 is 14.3 Å². The highest BCUT2D eigenvalue weighted by Crippen LogP contribution is 2.41. The normalized spacial score (nSPS) is 27.6. The Bertz CT molecular complexity index is 359. The Morgan fingerprint density at radius 3 is 2.30 bits per heavy atom. The minimum absolute atomic E-state index is 0.0691. The highest BCUT2D eigenvalue weighted by molar-refractivity contribution is 5.87. The van der Waals surface area contributed by atoms with E-state index in [9.17, 15) is 4.79 Å². The second-order valence-corrected chi connectivity index (χ2v) is 7.54. The van der Waals surface area contributed by atoms with Crippen molar-refractivity contribution >= 4 is 5.78 Å². The lowest BCUT2D eigenvalue weighted by Gasteiger charge is -2.46. The lowest BCUT2D eigenvalue weighted by molar-refractivity contribution is -0.163. The highest BCUT2D eigenvalue weighted by Gasteiger charge is 2.47. The first-order chi connectivity index (χ1) is 9.18. The van der Waals surface area contributed by atoms with Crippen LogP contribution in [0.3, 0.4) is 0 Å². The molecule has 2 saturated heterocycles. The van der Waals surface area contributed by atoms with E-state index in [1.54, 1.807) is 0 Å². The molecule has 4 nitrogen and oxygen atoms in total. The van der Waals surface area contributed by atoms with Gasteiger partial charge in [-0.15, -0.1) is 0 Å². The van der Waals surface area contributed by atoms with Gasteiger partial charge in [0.25, 0.3) is 0 Å². The van der Waals surface area contributed by atoms with E-state index in [1.807, 2.05) is 27.7 Å². The van der Waals surface area contributed by atoms with Crippen molar-refractivity contribution in [2.24, 2.45) is 17.1 Å². The zero-order valence-corrected chi connectivity index (χ0v) is 13.3. The number of hydrogen-bond acceptors (Lipinski definition) is 4. The number of ketones is 1. The molecule has 0 aromatic carbocycles. The summed E-state index contributed by atoms with van der Waals surface area (Å²) in [4.78, 5) is 12.9. The fourth-order valence-corrected chi connectivity index (χ4v) is 3.17. The van der Waals surface area contributed by atoms with Gasteiger partial charge >= 0.3 is 0 Å². The van der Waals surface area contributed by atoms with E-state index in [0.717, 1.165) is 38.9 Å². The molecule has 2 heterocycles. The first-order valence-electron chi connectivity index (χ1n) is 7.73. The van der Waals surface area contributed by atoms with Crippen LogP contribution in [0.15, 0.2) is 0 Å². The van der Waals surface area contributed by atoms with Gasteiger partial charge in [0.1, 0.15) is 5.78 Å². The zero-order valence-electron chi connectivity index (χ0n) is 13.3. The Balaban J connectivity index is 2.11. The van der Waals surface area contributed by atoms with Crippen LogP contribution in [0.25, 0.3) is 0 Å². The van der Waals surface area contributed by atoms with Crippen LogP contribution in [-0.4, -0.2) is 36.7 Å². The summed E-state index contributed by atoms with van der Waals surface area (Å²) >= 11 is 0. The predicted octanol–water partition coefficient (Wildman–Crippen LogP) is 2.29. The predicted molar refractivity (Wildman–Crippen MR) is 78.5 cm³/mol. The molecule has 20 heavy (non-hydrogen) atoms. The summed E-state index contributed by atoms with van der Waals surface area (Å²) in [7, 11) is 0. The molecule has 0 saturated carbocycles. The molecule has 4 heteroatoms. The molecule has 0 amide bonds. The summed E-state index contributed by atoms with van der Waals surface area (Å²) in [5, 5.41) is 0. The van der Waals surface area contributed by atoms with Crippen LogP contribution >= 0.6 is 0 Å². The highest BCUT2D eigenvalue weighted by atomic mass is 16.5. The maximum absolute atomic E-state index is 12.9. The van der Waals surface area contributed by atoms with Crippen molar-refractivity contribution in [3.8, 4) is 0 Å². The van der Waals surface area contributed by atoms with Gasteiger partial charge in [-0.25, -0.2) is 0 Å². The summed E-state index contributed by atoms with van der Waals surface area (Å²) in [5.41, 5.74) is 5.06. The topological polar surface area (TPSA) is 61.6 Å². The van der Waals surface area contributed by atoms with Crippen LogP contribution in [0.4, 0.5) is 0 Å². The average Bonchev–Trinajstić information content (AvgIpc) is 2.37. The minimum atomic E-state index is -0.513. The number of Topliss-reactive ketones (excluding diaryl/α,β-unsaturated/α-hetero) is 1. The van der Waals surface area contributed by atoms with Crippen LogP contribution < -0.4 is 5.73 Å². The molecule has 0 aromatic rings. The third kappa shape index (κ3) is 2.92. The molecule has 116 valence electrons. The van der Waals surface area contributed by atoms with E-state index < -0.39 is 11.0 Å². The monoisotopic (exact) mass is 283 g/mol. The summed E-state index contributed by atoms with van der Waals surface area (Å²) in [6, 6.07) is 0. The first-order valence-corrected chi connectivity index (χ1v) is 7.73. The largest absolute Gasteiger partial charge is 0.381 e. The smallest absolute Gasteiger partial charge is 0.143 e. The van der Waals surface area contributed by atoms with Crippen molar-refractivity contribution in [2.45, 2.75) is 64.5 Å². The van der Waals surface area contributed by atoms with Gasteiger partial charge in [0.05, 0.1) is 5.60 Å². The van der Waals surface area contributed by atoms with Gasteiger partial charge in [0.15, 0.2) is 0 Å². The van der Waals surface area contributed by atoms with Gasteiger partial charge < -0.3 is 15.2 Å². The van der Waals surface area contributed by atoms with Crippen molar-refractivity contribution in [2.75, 3.05) is 19.8 Å². The van der Waals surface area contributed by atoms with E-state index >= 15 is 0 Å². The van der Waals surface area contributed by atoms with Crippen LogP contribution in [0.1, 0.15) is 53.4 Å².